The normalized spacial score (nSPS) is 10.2. The Kier molecular flexibility index (Phi) is 4.39. The molecule has 5 heteroatoms. The maximum absolute atomic E-state index is 11.2. The molecule has 0 aromatic carbocycles. The first kappa shape index (κ1) is 11.0. The summed E-state index contributed by atoms with van der Waals surface area (Å²) in [5, 5.41) is 8.66. The third kappa shape index (κ3) is 4.23. The van der Waals surface area contributed by atoms with Gasteiger partial charge in [-0.3, -0.25) is 4.79 Å². The van der Waals surface area contributed by atoms with Gasteiger partial charge in [-0.15, -0.1) is 11.3 Å². The molecule has 0 unspecified atom stereocenters. The number of hydrogen-bond donors (Lipinski definition) is 2. The number of nitrogens with one attached hydrogen (secondary N) is 2. The van der Waals surface area contributed by atoms with Crippen LogP contribution < -0.4 is 10.6 Å². The summed E-state index contributed by atoms with van der Waals surface area (Å²) in [6.07, 6.45) is 2.22. The molecule has 1 aromatic rings. The van der Waals surface area contributed by atoms with Crippen molar-refractivity contribution in [2.24, 2.45) is 0 Å². The Hall–Kier alpha value is -1.10. The van der Waals surface area contributed by atoms with Crippen molar-refractivity contribution in [2.45, 2.75) is 26.3 Å². The number of aromatic nitrogens is 1. The molecule has 0 fully saturated rings. The number of nitrogens with zero attached hydrogens (tertiary/aromatic N) is 1. The van der Waals surface area contributed by atoms with Crippen LogP contribution in [0.2, 0.25) is 0 Å². The van der Waals surface area contributed by atoms with Crippen molar-refractivity contribution in [3.05, 3.63) is 11.6 Å². The standard InChI is InChI=1S/C9H15N3OS/c1-7(2)12-8(13)3-4-10-9-11-5-6-14-9/h5-7H,3-4H2,1-2H3,(H,10,11)(H,12,13). The Balaban J connectivity index is 2.12. The lowest BCUT2D eigenvalue weighted by Gasteiger charge is -2.07. The Morgan fingerprint density at radius 1 is 1.64 bits per heavy atom. The van der Waals surface area contributed by atoms with Crippen LogP contribution in [-0.2, 0) is 4.79 Å². The third-order valence-corrected chi connectivity index (χ3v) is 2.24. The van der Waals surface area contributed by atoms with Gasteiger partial charge in [0.25, 0.3) is 0 Å². The molecule has 14 heavy (non-hydrogen) atoms. The highest BCUT2D eigenvalue weighted by Crippen LogP contribution is 2.09. The monoisotopic (exact) mass is 213 g/mol. The maximum Gasteiger partial charge on any atom is 0.221 e. The lowest BCUT2D eigenvalue weighted by atomic mass is 10.3. The third-order valence-electron chi connectivity index (χ3n) is 1.51. The van der Waals surface area contributed by atoms with Gasteiger partial charge in [-0.25, -0.2) is 4.98 Å². The molecule has 1 amide bonds. The van der Waals surface area contributed by atoms with E-state index in [9.17, 15) is 4.79 Å². The highest BCUT2D eigenvalue weighted by Gasteiger charge is 2.02. The van der Waals surface area contributed by atoms with Crippen molar-refractivity contribution >= 4 is 22.4 Å². The van der Waals surface area contributed by atoms with Crippen molar-refractivity contribution in [2.75, 3.05) is 11.9 Å². The van der Waals surface area contributed by atoms with E-state index in [0.717, 1.165) is 5.13 Å². The molecule has 4 nitrogen and oxygen atoms in total. The van der Waals surface area contributed by atoms with Crippen LogP contribution in [0.1, 0.15) is 20.3 Å². The Bertz CT molecular complexity index is 272. The van der Waals surface area contributed by atoms with Crippen LogP contribution in [0.4, 0.5) is 5.13 Å². The van der Waals surface area contributed by atoms with Gasteiger partial charge in [0.05, 0.1) is 0 Å². The average Bonchev–Trinajstić information content (AvgIpc) is 2.55. The SMILES string of the molecule is CC(C)NC(=O)CCNc1nccs1. The van der Waals surface area contributed by atoms with Crippen molar-refractivity contribution in [3.63, 3.8) is 0 Å². The first-order valence-corrected chi connectivity index (χ1v) is 5.49. The summed E-state index contributed by atoms with van der Waals surface area (Å²) in [7, 11) is 0. The first-order valence-electron chi connectivity index (χ1n) is 4.61. The molecular weight excluding hydrogens is 198 g/mol. The predicted octanol–water partition coefficient (Wildman–Crippen LogP) is 1.47. The molecule has 0 radical (unpaired) electrons. The van der Waals surface area contributed by atoms with E-state index in [2.05, 4.69) is 15.6 Å². The summed E-state index contributed by atoms with van der Waals surface area (Å²) in [4.78, 5) is 15.3. The van der Waals surface area contributed by atoms with Crippen LogP contribution >= 0.6 is 11.3 Å². The van der Waals surface area contributed by atoms with Gasteiger partial charge >= 0.3 is 0 Å². The van der Waals surface area contributed by atoms with E-state index in [-0.39, 0.29) is 11.9 Å². The van der Waals surface area contributed by atoms with Gasteiger partial charge in [0, 0.05) is 30.6 Å². The van der Waals surface area contributed by atoms with Gasteiger partial charge in [-0.05, 0) is 13.8 Å². The molecule has 0 spiro atoms. The van der Waals surface area contributed by atoms with Crippen molar-refractivity contribution in [3.8, 4) is 0 Å². The van der Waals surface area contributed by atoms with E-state index in [1.165, 1.54) is 11.3 Å². The van der Waals surface area contributed by atoms with Gasteiger partial charge in [0.15, 0.2) is 5.13 Å². The van der Waals surface area contributed by atoms with Crippen LogP contribution in [0.3, 0.4) is 0 Å². The summed E-state index contributed by atoms with van der Waals surface area (Å²) < 4.78 is 0. The lowest BCUT2D eigenvalue weighted by Crippen LogP contribution is -2.31. The van der Waals surface area contributed by atoms with Gasteiger partial charge in [0.2, 0.25) is 5.91 Å². The van der Waals surface area contributed by atoms with Crippen molar-refractivity contribution < 1.29 is 4.79 Å². The smallest absolute Gasteiger partial charge is 0.221 e. The number of amides is 1. The van der Waals surface area contributed by atoms with E-state index >= 15 is 0 Å². The van der Waals surface area contributed by atoms with Crippen molar-refractivity contribution in [1.82, 2.24) is 10.3 Å². The molecule has 0 saturated carbocycles. The molecule has 2 N–H and O–H groups in total. The van der Waals surface area contributed by atoms with Gasteiger partial charge < -0.3 is 10.6 Å². The summed E-state index contributed by atoms with van der Waals surface area (Å²) in [6.45, 7) is 4.53. The van der Waals surface area contributed by atoms with Crippen LogP contribution in [-0.4, -0.2) is 23.5 Å². The summed E-state index contributed by atoms with van der Waals surface area (Å²) in [6, 6.07) is 0.211. The maximum atomic E-state index is 11.2. The fourth-order valence-corrected chi connectivity index (χ4v) is 1.55. The second kappa shape index (κ2) is 5.59. The number of carbonyl (C=O) groups excluding carboxylic acids is 1. The Morgan fingerprint density at radius 3 is 3.00 bits per heavy atom. The van der Waals surface area contributed by atoms with Crippen molar-refractivity contribution in [1.29, 1.82) is 0 Å². The van der Waals surface area contributed by atoms with Crippen LogP contribution in [0.15, 0.2) is 11.6 Å². The number of anilines is 1. The number of thiazole rings is 1. The molecule has 0 aliphatic carbocycles. The van der Waals surface area contributed by atoms with E-state index < -0.39 is 0 Å². The molecule has 1 heterocycles. The van der Waals surface area contributed by atoms with Crippen LogP contribution in [0.5, 0.6) is 0 Å². The zero-order valence-electron chi connectivity index (χ0n) is 8.41. The van der Waals surface area contributed by atoms with E-state index in [1.807, 2.05) is 19.2 Å². The summed E-state index contributed by atoms with van der Waals surface area (Å²) in [5.41, 5.74) is 0. The highest BCUT2D eigenvalue weighted by atomic mass is 32.1. The second-order valence-corrected chi connectivity index (χ2v) is 4.13. The van der Waals surface area contributed by atoms with Crippen LogP contribution in [0, 0.1) is 0 Å². The minimum atomic E-state index is 0.0732. The quantitative estimate of drug-likeness (QED) is 0.778. The zero-order valence-corrected chi connectivity index (χ0v) is 9.23. The molecular formula is C9H15N3OS. The number of carbonyl (C=O) groups is 1. The van der Waals surface area contributed by atoms with Crippen LogP contribution in [0.25, 0.3) is 0 Å². The molecule has 78 valence electrons. The molecule has 0 atom stereocenters. The lowest BCUT2D eigenvalue weighted by molar-refractivity contribution is -0.121. The average molecular weight is 213 g/mol. The zero-order chi connectivity index (χ0) is 10.4. The number of rotatable bonds is 5. The first-order chi connectivity index (χ1) is 6.68. The van der Waals surface area contributed by atoms with Gasteiger partial charge in [-0.1, -0.05) is 0 Å². The largest absolute Gasteiger partial charge is 0.361 e. The van der Waals surface area contributed by atoms with Gasteiger partial charge in [0.1, 0.15) is 0 Å². The molecule has 1 rings (SSSR count). The molecule has 1 aromatic heterocycles. The van der Waals surface area contributed by atoms with E-state index in [0.29, 0.717) is 13.0 Å². The Morgan fingerprint density at radius 2 is 2.43 bits per heavy atom. The second-order valence-electron chi connectivity index (χ2n) is 3.24. The van der Waals surface area contributed by atoms with E-state index in [1.54, 1.807) is 6.20 Å². The topological polar surface area (TPSA) is 54.0 Å². The Labute approximate surface area is 87.7 Å². The van der Waals surface area contributed by atoms with E-state index in [4.69, 9.17) is 0 Å². The number of hydrogen-bond acceptors (Lipinski definition) is 4. The highest BCUT2D eigenvalue weighted by molar-refractivity contribution is 7.13. The summed E-state index contributed by atoms with van der Waals surface area (Å²) >= 11 is 1.53. The molecule has 0 saturated heterocycles. The minimum absolute atomic E-state index is 0.0732. The summed E-state index contributed by atoms with van der Waals surface area (Å²) in [5.74, 6) is 0.0732. The molecule has 0 aliphatic heterocycles. The fraction of sp³-hybridized carbons (Fsp3) is 0.556. The van der Waals surface area contributed by atoms with Gasteiger partial charge in [-0.2, -0.15) is 0 Å². The molecule has 0 bridgehead atoms. The minimum Gasteiger partial charge on any atom is -0.361 e. The fourth-order valence-electron chi connectivity index (χ4n) is 0.988. The molecule has 0 aliphatic rings. The predicted molar refractivity (Wildman–Crippen MR) is 58.5 cm³/mol.